The minimum Gasteiger partial charge on any atom is -0.497 e. The van der Waals surface area contributed by atoms with Crippen LogP contribution < -0.4 is 9.46 Å². The third-order valence-electron chi connectivity index (χ3n) is 11.1. The topological polar surface area (TPSA) is 70.0 Å². The van der Waals surface area contributed by atoms with Crippen LogP contribution in [0.4, 0.5) is 0 Å². The molecule has 0 bridgehead atoms. The summed E-state index contributed by atoms with van der Waals surface area (Å²) in [6.45, 7) is 3.74. The van der Waals surface area contributed by atoms with Gasteiger partial charge in [0.05, 0.1) is 18.2 Å². The highest BCUT2D eigenvalue weighted by Gasteiger charge is 2.65. The second-order valence-electron chi connectivity index (χ2n) is 14.7. The summed E-state index contributed by atoms with van der Waals surface area (Å²) in [5.74, 6) is 1.62. The molecule has 3 aromatic rings. The van der Waals surface area contributed by atoms with Crippen molar-refractivity contribution in [3.8, 4) is 17.0 Å². The van der Waals surface area contributed by atoms with Crippen molar-refractivity contribution < 1.29 is 14.3 Å². The lowest BCUT2D eigenvalue weighted by Crippen LogP contribution is -2.48. The highest BCUT2D eigenvalue weighted by atomic mass is 32.2. The van der Waals surface area contributed by atoms with E-state index in [1.165, 1.54) is 72.0 Å². The van der Waals surface area contributed by atoms with Crippen LogP contribution in [-0.4, -0.2) is 84.4 Å². The first kappa shape index (κ1) is 31.6. The highest BCUT2D eigenvalue weighted by molar-refractivity contribution is 7.95. The Kier molecular flexibility index (Phi) is 8.39. The van der Waals surface area contributed by atoms with Crippen molar-refractivity contribution in [3.05, 3.63) is 53.1 Å². The van der Waals surface area contributed by atoms with E-state index < -0.39 is 5.41 Å². The summed E-state index contributed by atoms with van der Waals surface area (Å²) < 4.78 is 13.1. The Morgan fingerprint density at radius 2 is 1.80 bits per heavy atom. The monoisotopic (exact) mass is 643 g/mol. The van der Waals surface area contributed by atoms with Gasteiger partial charge in [-0.15, -0.1) is 0 Å². The first-order valence-electron chi connectivity index (χ1n) is 17.1. The number of ether oxygens (including phenoxy) is 1. The number of nitrogens with zero attached hydrogens (tertiary/aromatic N) is 4. The number of carbonyl (C=O) groups is 2. The summed E-state index contributed by atoms with van der Waals surface area (Å²) >= 11 is 1.28. The molecule has 4 atom stereocenters. The quantitative estimate of drug-likeness (QED) is 0.278. The minimum atomic E-state index is -0.523. The summed E-state index contributed by atoms with van der Waals surface area (Å²) in [5.41, 5.74) is 6.30. The summed E-state index contributed by atoms with van der Waals surface area (Å²) in [6.07, 6.45) is 9.02. The van der Waals surface area contributed by atoms with E-state index in [4.69, 9.17) is 4.74 Å². The molecule has 4 aliphatic rings. The lowest BCUT2D eigenvalue weighted by molar-refractivity contribution is -0.140. The van der Waals surface area contributed by atoms with E-state index in [-0.39, 0.29) is 23.9 Å². The third kappa shape index (κ3) is 5.32. The molecule has 246 valence electrons. The van der Waals surface area contributed by atoms with Gasteiger partial charge in [0.25, 0.3) is 5.91 Å². The number of hydrogen-bond donors (Lipinski definition) is 1. The van der Waals surface area contributed by atoms with Gasteiger partial charge in [-0.1, -0.05) is 25.3 Å². The SMILES string of the molecule is COc1ccc2c(c1)C1CC1(C(=O)N1C(C)CCC1CN(C)C)Cn1c-2c(C2CCCCC2)c2ccc(C(=O)NSN(C)C)cc21. The second-order valence-corrected chi connectivity index (χ2v) is 15.8. The number of aromatic nitrogens is 1. The number of likely N-dealkylation sites (tertiary alicyclic amines) is 1. The number of nitrogens with one attached hydrogen (secondary N) is 1. The Labute approximate surface area is 278 Å². The molecule has 3 heterocycles. The fourth-order valence-electron chi connectivity index (χ4n) is 8.91. The number of benzene rings is 2. The Morgan fingerprint density at radius 3 is 2.52 bits per heavy atom. The van der Waals surface area contributed by atoms with Crippen LogP contribution in [-0.2, 0) is 11.3 Å². The van der Waals surface area contributed by atoms with Gasteiger partial charge in [0.1, 0.15) is 5.75 Å². The Balaban J connectivity index is 1.42. The molecule has 2 aliphatic carbocycles. The fraction of sp³-hybridized carbons (Fsp3) is 0.568. The van der Waals surface area contributed by atoms with Gasteiger partial charge in [0.15, 0.2) is 0 Å². The van der Waals surface area contributed by atoms with Crippen molar-refractivity contribution in [2.75, 3.05) is 41.8 Å². The number of amides is 2. The van der Waals surface area contributed by atoms with Gasteiger partial charge >= 0.3 is 0 Å². The van der Waals surface area contributed by atoms with Crippen LogP contribution >= 0.6 is 12.1 Å². The molecule has 2 aliphatic heterocycles. The van der Waals surface area contributed by atoms with Crippen LogP contribution in [0.2, 0.25) is 0 Å². The molecule has 2 amide bonds. The van der Waals surface area contributed by atoms with Crippen LogP contribution in [0.5, 0.6) is 5.75 Å². The molecule has 0 spiro atoms. The molecule has 0 radical (unpaired) electrons. The normalized spacial score (nSPS) is 25.7. The smallest absolute Gasteiger partial charge is 0.262 e. The molecule has 3 fully saturated rings. The zero-order chi connectivity index (χ0) is 32.3. The van der Waals surface area contributed by atoms with Crippen molar-refractivity contribution in [1.82, 2.24) is 23.4 Å². The molecule has 46 heavy (non-hydrogen) atoms. The van der Waals surface area contributed by atoms with E-state index in [1.807, 2.05) is 24.5 Å². The van der Waals surface area contributed by atoms with E-state index in [2.05, 4.69) is 70.4 Å². The maximum atomic E-state index is 15.1. The number of methoxy groups -OCH3 is 1. The highest BCUT2D eigenvalue weighted by Crippen LogP contribution is 2.66. The molecule has 1 saturated heterocycles. The van der Waals surface area contributed by atoms with Crippen molar-refractivity contribution in [2.45, 2.75) is 88.8 Å². The summed E-state index contributed by atoms with van der Waals surface area (Å²) in [7, 11) is 9.77. The Bertz CT molecular complexity index is 1660. The summed E-state index contributed by atoms with van der Waals surface area (Å²) in [5, 5.41) is 1.22. The van der Waals surface area contributed by atoms with E-state index in [1.54, 1.807) is 7.11 Å². The molecule has 9 heteroatoms. The molecule has 1 aromatic heterocycles. The molecular weight excluding hydrogens is 595 g/mol. The van der Waals surface area contributed by atoms with Crippen molar-refractivity contribution in [2.24, 2.45) is 5.41 Å². The van der Waals surface area contributed by atoms with Crippen LogP contribution in [0.15, 0.2) is 36.4 Å². The Morgan fingerprint density at radius 1 is 1.02 bits per heavy atom. The number of hydrogen-bond acceptors (Lipinski definition) is 6. The van der Waals surface area contributed by atoms with Crippen molar-refractivity contribution in [1.29, 1.82) is 0 Å². The molecular formula is C37H49N5O3S. The molecule has 2 aromatic carbocycles. The van der Waals surface area contributed by atoms with Crippen LogP contribution in [0.25, 0.3) is 22.2 Å². The molecule has 2 saturated carbocycles. The molecule has 8 nitrogen and oxygen atoms in total. The fourth-order valence-corrected chi connectivity index (χ4v) is 9.29. The van der Waals surface area contributed by atoms with Crippen LogP contribution in [0.3, 0.4) is 0 Å². The number of carbonyl (C=O) groups excluding carboxylic acids is 2. The van der Waals surface area contributed by atoms with Crippen molar-refractivity contribution in [3.63, 3.8) is 0 Å². The lowest BCUT2D eigenvalue weighted by atomic mass is 9.81. The van der Waals surface area contributed by atoms with Gasteiger partial charge in [0.2, 0.25) is 5.91 Å². The van der Waals surface area contributed by atoms with Crippen LogP contribution in [0.1, 0.15) is 91.6 Å². The number of likely N-dealkylation sites (N-methyl/N-ethyl adjacent to an activating group) is 1. The molecule has 4 unspecified atom stereocenters. The van der Waals surface area contributed by atoms with Gasteiger partial charge in [-0.3, -0.25) is 14.3 Å². The third-order valence-corrected chi connectivity index (χ3v) is 11.8. The van der Waals surface area contributed by atoms with Gasteiger partial charge in [-0.25, -0.2) is 4.31 Å². The average Bonchev–Trinajstić information content (AvgIpc) is 3.58. The standard InChI is InChI=1S/C37H49N5O3S/c1-23-12-14-26(21-39(2)3)42(23)36(44)37-20-31(37)30-19-27(45-6)15-17-28(30)34-33(24-10-8-7-9-11-24)29-16-13-25(18-32(29)41(34)22-37)35(43)38-46-40(4)5/h13,15-19,23-24,26,31H,7-12,14,20-22H2,1-6H3,(H,38,43). The average molecular weight is 644 g/mol. The first-order chi connectivity index (χ1) is 22.1. The van der Waals surface area contributed by atoms with Crippen molar-refractivity contribution >= 4 is 34.9 Å². The van der Waals surface area contributed by atoms with E-state index in [9.17, 15) is 4.79 Å². The van der Waals surface area contributed by atoms with E-state index >= 15 is 4.79 Å². The van der Waals surface area contributed by atoms with E-state index in [0.29, 0.717) is 23.9 Å². The van der Waals surface area contributed by atoms with Gasteiger partial charge in [0, 0.05) is 65.3 Å². The zero-order valence-corrected chi connectivity index (χ0v) is 29.1. The van der Waals surface area contributed by atoms with Gasteiger partial charge in [-0.05, 0) is 115 Å². The molecule has 1 N–H and O–H groups in total. The summed E-state index contributed by atoms with van der Waals surface area (Å²) in [6, 6.07) is 13.2. The summed E-state index contributed by atoms with van der Waals surface area (Å²) in [4.78, 5) is 32.9. The number of fused-ring (bicyclic) bond motifs is 7. The predicted octanol–water partition coefficient (Wildman–Crippen LogP) is 6.65. The Hall–Kier alpha value is -3.01. The maximum Gasteiger partial charge on any atom is 0.262 e. The van der Waals surface area contributed by atoms with E-state index in [0.717, 1.165) is 37.1 Å². The maximum absolute atomic E-state index is 15.1. The largest absolute Gasteiger partial charge is 0.497 e. The van der Waals surface area contributed by atoms with Gasteiger partial charge in [-0.2, -0.15) is 0 Å². The zero-order valence-electron chi connectivity index (χ0n) is 28.3. The van der Waals surface area contributed by atoms with Crippen LogP contribution in [0, 0.1) is 5.41 Å². The molecule has 7 rings (SSSR count). The minimum absolute atomic E-state index is 0.110. The lowest BCUT2D eigenvalue weighted by Gasteiger charge is -2.34. The number of rotatable bonds is 8. The first-order valence-corrected chi connectivity index (χ1v) is 17.9. The van der Waals surface area contributed by atoms with Gasteiger partial charge < -0.3 is 19.1 Å². The predicted molar refractivity (Wildman–Crippen MR) is 186 cm³/mol. The second kappa shape index (κ2) is 12.2.